The van der Waals surface area contributed by atoms with E-state index in [0.29, 0.717) is 6.04 Å². The summed E-state index contributed by atoms with van der Waals surface area (Å²) >= 11 is 2.06. The molecule has 1 aromatic carbocycles. The highest BCUT2D eigenvalue weighted by atomic mass is 32.2. The smallest absolute Gasteiger partial charge is 0.0411 e. The molecule has 1 rings (SSSR count). The number of hydrogen-bond donors (Lipinski definition) is 1. The fraction of sp³-hybridized carbons (Fsp3) is 0.647. The van der Waals surface area contributed by atoms with Gasteiger partial charge in [-0.15, -0.1) is 0 Å². The van der Waals surface area contributed by atoms with E-state index in [9.17, 15) is 0 Å². The lowest BCUT2D eigenvalue weighted by Crippen LogP contribution is -2.24. The topological polar surface area (TPSA) is 12.0 Å². The Kier molecular flexibility index (Phi) is 7.55. The Bertz CT molecular complexity index is 374. The molecule has 1 N–H and O–H groups in total. The van der Waals surface area contributed by atoms with Crippen molar-refractivity contribution in [1.29, 1.82) is 0 Å². The maximum Gasteiger partial charge on any atom is 0.0411 e. The Morgan fingerprint density at radius 2 is 1.84 bits per heavy atom. The van der Waals surface area contributed by atoms with E-state index < -0.39 is 0 Å². The summed E-state index contributed by atoms with van der Waals surface area (Å²) in [4.78, 5) is 0. The van der Waals surface area contributed by atoms with Crippen LogP contribution in [0.1, 0.15) is 49.9 Å². The summed E-state index contributed by atoms with van der Waals surface area (Å²) in [7, 11) is 0. The van der Waals surface area contributed by atoms with Crippen LogP contribution in [0.2, 0.25) is 0 Å². The lowest BCUT2D eigenvalue weighted by molar-refractivity contribution is 0.576. The zero-order valence-electron chi connectivity index (χ0n) is 13.1. The van der Waals surface area contributed by atoms with Gasteiger partial charge < -0.3 is 5.32 Å². The third-order valence-electron chi connectivity index (χ3n) is 3.31. The first-order valence-corrected chi connectivity index (χ1v) is 8.58. The summed E-state index contributed by atoms with van der Waals surface area (Å²) in [6, 6.07) is 7.37. The largest absolute Gasteiger partial charge is 0.309 e. The molecule has 0 aromatic heterocycles. The van der Waals surface area contributed by atoms with Gasteiger partial charge in [-0.05, 0) is 55.2 Å². The molecule has 2 heteroatoms. The molecule has 1 aromatic rings. The van der Waals surface area contributed by atoms with Gasteiger partial charge in [0.2, 0.25) is 0 Å². The molecule has 0 aliphatic rings. The van der Waals surface area contributed by atoms with Crippen LogP contribution in [-0.4, -0.2) is 18.1 Å². The minimum absolute atomic E-state index is 0.489. The predicted molar refractivity (Wildman–Crippen MR) is 89.1 cm³/mol. The molecule has 0 saturated carbocycles. The van der Waals surface area contributed by atoms with Crippen molar-refractivity contribution in [3.8, 4) is 0 Å². The predicted octanol–water partition coefficient (Wildman–Crippen LogP) is 4.73. The van der Waals surface area contributed by atoms with Crippen LogP contribution in [-0.2, 0) is 0 Å². The highest BCUT2D eigenvalue weighted by molar-refractivity contribution is 7.99. The monoisotopic (exact) mass is 279 g/mol. The van der Waals surface area contributed by atoms with Crippen molar-refractivity contribution in [3.63, 3.8) is 0 Å². The molecule has 0 radical (unpaired) electrons. The van der Waals surface area contributed by atoms with Crippen LogP contribution in [0.5, 0.6) is 0 Å². The number of benzene rings is 1. The minimum atomic E-state index is 0.489. The fourth-order valence-corrected chi connectivity index (χ4v) is 3.15. The van der Waals surface area contributed by atoms with Crippen molar-refractivity contribution in [2.75, 3.05) is 18.1 Å². The SMILES string of the molecule is CCCNC(CSCC(C)C)c1ccc(C)c(C)c1. The molecule has 1 unspecified atom stereocenters. The second-order valence-electron chi connectivity index (χ2n) is 5.78. The first-order chi connectivity index (χ1) is 9.04. The van der Waals surface area contributed by atoms with Gasteiger partial charge in [-0.25, -0.2) is 0 Å². The summed E-state index contributed by atoms with van der Waals surface area (Å²) in [5.74, 6) is 3.19. The van der Waals surface area contributed by atoms with Gasteiger partial charge in [0.15, 0.2) is 0 Å². The fourth-order valence-electron chi connectivity index (χ4n) is 1.99. The molecule has 0 amide bonds. The molecular formula is C17H29NS. The van der Waals surface area contributed by atoms with Gasteiger partial charge in [0, 0.05) is 11.8 Å². The number of aryl methyl sites for hydroxylation is 2. The molecule has 108 valence electrons. The van der Waals surface area contributed by atoms with Crippen molar-refractivity contribution in [3.05, 3.63) is 34.9 Å². The average Bonchev–Trinajstić information content (AvgIpc) is 2.36. The van der Waals surface area contributed by atoms with Gasteiger partial charge in [-0.2, -0.15) is 11.8 Å². The summed E-state index contributed by atoms with van der Waals surface area (Å²) in [5, 5.41) is 3.69. The third-order valence-corrected chi connectivity index (χ3v) is 4.78. The maximum atomic E-state index is 3.69. The molecular weight excluding hydrogens is 250 g/mol. The van der Waals surface area contributed by atoms with Gasteiger partial charge in [0.25, 0.3) is 0 Å². The van der Waals surface area contributed by atoms with Crippen LogP contribution in [0.3, 0.4) is 0 Å². The Morgan fingerprint density at radius 3 is 2.42 bits per heavy atom. The van der Waals surface area contributed by atoms with Crippen molar-refractivity contribution in [2.24, 2.45) is 5.92 Å². The molecule has 0 aliphatic carbocycles. The van der Waals surface area contributed by atoms with Crippen LogP contribution < -0.4 is 5.32 Å². The molecule has 0 spiro atoms. The van der Waals surface area contributed by atoms with Gasteiger partial charge >= 0.3 is 0 Å². The summed E-state index contributed by atoms with van der Waals surface area (Å²) in [6.45, 7) is 12.3. The Hall–Kier alpha value is -0.470. The molecule has 0 heterocycles. The second kappa shape index (κ2) is 8.65. The Morgan fingerprint density at radius 1 is 1.11 bits per heavy atom. The van der Waals surface area contributed by atoms with E-state index in [1.54, 1.807) is 0 Å². The quantitative estimate of drug-likeness (QED) is 0.738. The molecule has 0 aliphatic heterocycles. The lowest BCUT2D eigenvalue weighted by Gasteiger charge is -2.20. The number of nitrogens with one attached hydrogen (secondary N) is 1. The zero-order chi connectivity index (χ0) is 14.3. The average molecular weight is 279 g/mol. The van der Waals surface area contributed by atoms with Crippen molar-refractivity contribution >= 4 is 11.8 Å². The summed E-state index contributed by atoms with van der Waals surface area (Å²) in [5.41, 5.74) is 4.22. The van der Waals surface area contributed by atoms with Crippen LogP contribution in [0.4, 0.5) is 0 Å². The van der Waals surface area contributed by atoms with Crippen molar-refractivity contribution in [1.82, 2.24) is 5.32 Å². The van der Waals surface area contributed by atoms with Crippen molar-refractivity contribution < 1.29 is 0 Å². The van der Waals surface area contributed by atoms with E-state index in [4.69, 9.17) is 0 Å². The molecule has 19 heavy (non-hydrogen) atoms. The van der Waals surface area contributed by atoms with E-state index in [1.165, 1.54) is 34.6 Å². The Balaban J connectivity index is 2.68. The highest BCUT2D eigenvalue weighted by Gasteiger charge is 2.11. The standard InChI is InChI=1S/C17H29NS/c1-6-9-18-17(12-19-11-13(2)3)16-8-7-14(4)15(5)10-16/h7-8,10,13,17-18H,6,9,11-12H2,1-5H3. The van der Waals surface area contributed by atoms with Gasteiger partial charge in [-0.1, -0.05) is 39.0 Å². The highest BCUT2D eigenvalue weighted by Crippen LogP contribution is 2.22. The van der Waals surface area contributed by atoms with Crippen LogP contribution >= 0.6 is 11.8 Å². The van der Waals surface area contributed by atoms with Crippen molar-refractivity contribution in [2.45, 2.75) is 47.1 Å². The van der Waals surface area contributed by atoms with Crippen LogP contribution in [0.25, 0.3) is 0 Å². The van der Waals surface area contributed by atoms with E-state index in [1.807, 2.05) is 0 Å². The Labute approximate surface area is 123 Å². The van der Waals surface area contributed by atoms with E-state index in [2.05, 4.69) is 69.9 Å². The molecule has 0 bridgehead atoms. The van der Waals surface area contributed by atoms with E-state index >= 15 is 0 Å². The maximum absolute atomic E-state index is 3.69. The van der Waals surface area contributed by atoms with Crippen LogP contribution in [0.15, 0.2) is 18.2 Å². The summed E-state index contributed by atoms with van der Waals surface area (Å²) < 4.78 is 0. The zero-order valence-corrected chi connectivity index (χ0v) is 13.9. The van der Waals surface area contributed by atoms with Gasteiger partial charge in [-0.3, -0.25) is 0 Å². The molecule has 1 nitrogen and oxygen atoms in total. The normalized spacial score (nSPS) is 12.9. The number of hydrogen-bond acceptors (Lipinski definition) is 2. The number of rotatable bonds is 8. The third kappa shape index (κ3) is 6.01. The molecule has 0 saturated heterocycles. The van der Waals surface area contributed by atoms with Gasteiger partial charge in [0.05, 0.1) is 0 Å². The first-order valence-electron chi connectivity index (χ1n) is 7.42. The van der Waals surface area contributed by atoms with Crippen LogP contribution in [0, 0.1) is 19.8 Å². The van der Waals surface area contributed by atoms with E-state index in [0.717, 1.165) is 12.5 Å². The minimum Gasteiger partial charge on any atom is -0.309 e. The van der Waals surface area contributed by atoms with E-state index in [-0.39, 0.29) is 0 Å². The van der Waals surface area contributed by atoms with Gasteiger partial charge in [0.1, 0.15) is 0 Å². The molecule has 1 atom stereocenters. The molecule has 0 fully saturated rings. The lowest BCUT2D eigenvalue weighted by atomic mass is 10.0. The second-order valence-corrected chi connectivity index (χ2v) is 6.86. The first kappa shape index (κ1) is 16.6. The summed E-state index contributed by atoms with van der Waals surface area (Å²) in [6.07, 6.45) is 1.19. The number of thioether (sulfide) groups is 1.